The number of thiophene rings is 1. The molecule has 0 radical (unpaired) electrons. The molecule has 0 bridgehead atoms. The normalized spacial score (nSPS) is 15.2. The predicted octanol–water partition coefficient (Wildman–Crippen LogP) is 4.33. The zero-order chi connectivity index (χ0) is 22.5. The Morgan fingerprint density at radius 3 is 2.72 bits per heavy atom. The van der Waals surface area contributed by atoms with Crippen LogP contribution in [0.25, 0.3) is 0 Å². The molecule has 1 aromatic heterocycles. The second-order valence-corrected chi connectivity index (χ2v) is 8.05. The molecular weight excluding hydrogens is 428 g/mol. The first-order valence-corrected chi connectivity index (χ1v) is 10.8. The summed E-state index contributed by atoms with van der Waals surface area (Å²) >= 11 is 1.59. The van der Waals surface area contributed by atoms with Crippen molar-refractivity contribution in [2.45, 2.75) is 12.5 Å². The Labute approximate surface area is 189 Å². The number of amides is 1. The average Bonchev–Trinajstić information content (AvgIpc) is 3.52. The largest absolute Gasteiger partial charge is 0.497 e. The summed E-state index contributed by atoms with van der Waals surface area (Å²) in [5, 5.41) is 8.12. The van der Waals surface area contributed by atoms with Gasteiger partial charge < -0.3 is 14.2 Å². The van der Waals surface area contributed by atoms with E-state index in [0.717, 1.165) is 28.2 Å². The van der Waals surface area contributed by atoms with Gasteiger partial charge in [0.05, 0.1) is 26.0 Å². The number of carbonyl (C=O) groups excluding carboxylic acids is 2. The Bertz CT molecular complexity index is 1140. The smallest absolute Gasteiger partial charge is 0.281 e. The molecule has 7 nitrogen and oxygen atoms in total. The number of methoxy groups -OCH3 is 2. The van der Waals surface area contributed by atoms with Gasteiger partial charge in [0.2, 0.25) is 0 Å². The van der Waals surface area contributed by atoms with Crippen LogP contribution in [0, 0.1) is 0 Å². The van der Waals surface area contributed by atoms with E-state index in [1.54, 1.807) is 36.6 Å². The average molecular weight is 451 g/mol. The van der Waals surface area contributed by atoms with Gasteiger partial charge in [-0.3, -0.25) is 9.59 Å². The van der Waals surface area contributed by atoms with Gasteiger partial charge in [-0.1, -0.05) is 18.2 Å². The number of rotatable bonds is 8. The predicted molar refractivity (Wildman–Crippen MR) is 122 cm³/mol. The molecule has 1 aliphatic rings. The first kappa shape index (κ1) is 21.6. The van der Waals surface area contributed by atoms with Crippen molar-refractivity contribution >= 4 is 29.2 Å². The molecule has 3 aromatic rings. The van der Waals surface area contributed by atoms with Crippen LogP contribution in [0.15, 0.2) is 65.1 Å². The second-order valence-electron chi connectivity index (χ2n) is 7.07. The lowest BCUT2D eigenvalue weighted by Gasteiger charge is -2.21. The summed E-state index contributed by atoms with van der Waals surface area (Å²) < 4.78 is 16.3. The number of benzene rings is 2. The van der Waals surface area contributed by atoms with E-state index >= 15 is 0 Å². The van der Waals surface area contributed by atoms with E-state index in [1.807, 2.05) is 41.8 Å². The number of aldehydes is 1. The van der Waals surface area contributed by atoms with Crippen molar-refractivity contribution in [3.05, 3.63) is 76.0 Å². The Morgan fingerprint density at radius 1 is 1.12 bits per heavy atom. The summed E-state index contributed by atoms with van der Waals surface area (Å²) in [5.74, 6) is 1.23. The van der Waals surface area contributed by atoms with E-state index in [2.05, 4.69) is 5.10 Å². The molecule has 1 unspecified atom stereocenters. The molecule has 0 fully saturated rings. The van der Waals surface area contributed by atoms with Crippen molar-refractivity contribution in [2.75, 3.05) is 20.8 Å². The monoisotopic (exact) mass is 450 g/mol. The summed E-state index contributed by atoms with van der Waals surface area (Å²) in [7, 11) is 3.10. The first-order valence-electron chi connectivity index (χ1n) is 9.96. The number of hydrazone groups is 1. The first-order chi connectivity index (χ1) is 15.6. The van der Waals surface area contributed by atoms with E-state index in [9.17, 15) is 9.59 Å². The topological polar surface area (TPSA) is 77.4 Å². The molecule has 0 spiro atoms. The quantitative estimate of drug-likeness (QED) is 0.477. The number of hydrogen-bond acceptors (Lipinski definition) is 7. The number of ether oxygens (including phenoxy) is 3. The standard InChI is InChI=1S/C24H22N2O5S/c1-29-18-6-3-5-17(12-18)19-13-20(23-7-4-10-32-23)26(25-19)24(28)15-31-21-9-8-16(14-27)11-22(21)30-2/h3-12,14,20H,13,15H2,1-2H3. The second kappa shape index (κ2) is 9.65. The molecule has 0 N–H and O–H groups in total. The van der Waals surface area contributed by atoms with Gasteiger partial charge >= 0.3 is 0 Å². The third-order valence-corrected chi connectivity index (χ3v) is 6.09. The van der Waals surface area contributed by atoms with Gasteiger partial charge in [0.1, 0.15) is 12.0 Å². The van der Waals surface area contributed by atoms with E-state index in [0.29, 0.717) is 23.5 Å². The maximum atomic E-state index is 13.1. The zero-order valence-corrected chi connectivity index (χ0v) is 18.5. The fourth-order valence-corrected chi connectivity index (χ4v) is 4.31. The summed E-state index contributed by atoms with van der Waals surface area (Å²) in [6.07, 6.45) is 1.32. The molecule has 4 rings (SSSR count). The molecular formula is C24H22N2O5S. The molecule has 2 aromatic carbocycles. The summed E-state index contributed by atoms with van der Waals surface area (Å²) in [6, 6.07) is 16.2. The van der Waals surface area contributed by atoms with Crippen LogP contribution in [-0.2, 0) is 4.79 Å². The van der Waals surface area contributed by atoms with E-state index in [1.165, 1.54) is 12.1 Å². The fourth-order valence-electron chi connectivity index (χ4n) is 3.50. The van der Waals surface area contributed by atoms with Crippen LogP contribution in [0.5, 0.6) is 17.2 Å². The minimum absolute atomic E-state index is 0.202. The summed E-state index contributed by atoms with van der Waals surface area (Å²) in [4.78, 5) is 25.2. The van der Waals surface area contributed by atoms with Crippen LogP contribution in [0.3, 0.4) is 0 Å². The zero-order valence-electron chi connectivity index (χ0n) is 17.7. The Balaban J connectivity index is 1.56. The number of carbonyl (C=O) groups is 2. The molecule has 1 atom stereocenters. The highest BCUT2D eigenvalue weighted by Gasteiger charge is 2.34. The van der Waals surface area contributed by atoms with Crippen LogP contribution < -0.4 is 14.2 Å². The summed E-state index contributed by atoms with van der Waals surface area (Å²) in [6.45, 7) is -0.215. The van der Waals surface area contributed by atoms with Crippen molar-refractivity contribution in [1.82, 2.24) is 5.01 Å². The van der Waals surface area contributed by atoms with Crippen molar-refractivity contribution < 1.29 is 23.8 Å². The molecule has 2 heterocycles. The highest BCUT2D eigenvalue weighted by Crippen LogP contribution is 2.36. The van der Waals surface area contributed by atoms with Crippen molar-refractivity contribution in [2.24, 2.45) is 5.10 Å². The maximum absolute atomic E-state index is 13.1. The molecule has 0 saturated carbocycles. The highest BCUT2D eigenvalue weighted by atomic mass is 32.1. The lowest BCUT2D eigenvalue weighted by atomic mass is 10.0. The molecule has 8 heteroatoms. The number of hydrogen-bond donors (Lipinski definition) is 0. The van der Waals surface area contributed by atoms with Gasteiger partial charge in [-0.25, -0.2) is 5.01 Å². The van der Waals surface area contributed by atoms with Gasteiger partial charge in [0, 0.05) is 22.4 Å². The minimum Gasteiger partial charge on any atom is -0.497 e. The SMILES string of the molecule is COc1cccc(C2=NN(C(=O)COc3ccc(C=O)cc3OC)C(c3cccs3)C2)c1. The van der Waals surface area contributed by atoms with Crippen LogP contribution in [0.4, 0.5) is 0 Å². The van der Waals surface area contributed by atoms with Gasteiger partial charge in [0.15, 0.2) is 18.1 Å². The molecule has 0 aliphatic carbocycles. The Hall–Kier alpha value is -3.65. The third-order valence-electron chi connectivity index (χ3n) is 5.12. The van der Waals surface area contributed by atoms with Gasteiger partial charge in [-0.05, 0) is 41.8 Å². The van der Waals surface area contributed by atoms with E-state index in [-0.39, 0.29) is 18.6 Å². The molecule has 0 saturated heterocycles. The number of nitrogens with zero attached hydrogens (tertiary/aromatic N) is 2. The Kier molecular flexibility index (Phi) is 6.51. The minimum atomic E-state index is -0.275. The fraction of sp³-hybridized carbons (Fsp3) is 0.208. The van der Waals surface area contributed by atoms with E-state index < -0.39 is 0 Å². The molecule has 1 amide bonds. The van der Waals surface area contributed by atoms with Crippen LogP contribution in [-0.4, -0.2) is 43.7 Å². The van der Waals surface area contributed by atoms with Gasteiger partial charge in [-0.2, -0.15) is 5.10 Å². The van der Waals surface area contributed by atoms with Crippen molar-refractivity contribution in [3.8, 4) is 17.2 Å². The van der Waals surface area contributed by atoms with Crippen LogP contribution in [0.1, 0.15) is 33.3 Å². The van der Waals surface area contributed by atoms with Crippen LogP contribution >= 0.6 is 11.3 Å². The van der Waals surface area contributed by atoms with Gasteiger partial charge in [0.25, 0.3) is 5.91 Å². The summed E-state index contributed by atoms with van der Waals surface area (Å²) in [5.41, 5.74) is 2.18. The maximum Gasteiger partial charge on any atom is 0.281 e. The van der Waals surface area contributed by atoms with Crippen LogP contribution in [0.2, 0.25) is 0 Å². The van der Waals surface area contributed by atoms with Crippen molar-refractivity contribution in [1.29, 1.82) is 0 Å². The molecule has 164 valence electrons. The highest BCUT2D eigenvalue weighted by molar-refractivity contribution is 7.10. The molecule has 32 heavy (non-hydrogen) atoms. The molecule has 1 aliphatic heterocycles. The van der Waals surface area contributed by atoms with Crippen molar-refractivity contribution in [3.63, 3.8) is 0 Å². The lowest BCUT2D eigenvalue weighted by Crippen LogP contribution is -2.31. The van der Waals surface area contributed by atoms with E-state index in [4.69, 9.17) is 14.2 Å². The lowest BCUT2D eigenvalue weighted by molar-refractivity contribution is -0.135. The third kappa shape index (κ3) is 4.50. The Morgan fingerprint density at radius 2 is 2.00 bits per heavy atom. The van der Waals surface area contributed by atoms with Gasteiger partial charge in [-0.15, -0.1) is 11.3 Å².